The third kappa shape index (κ3) is 10.6. The van der Waals surface area contributed by atoms with E-state index in [4.69, 9.17) is 0 Å². The van der Waals surface area contributed by atoms with Crippen molar-refractivity contribution in [1.82, 2.24) is 0 Å². The van der Waals surface area contributed by atoms with Gasteiger partial charge in [0.15, 0.2) is 0 Å². The van der Waals surface area contributed by atoms with Gasteiger partial charge in [0, 0.05) is 22.4 Å². The summed E-state index contributed by atoms with van der Waals surface area (Å²) in [5, 5.41) is 0. The summed E-state index contributed by atoms with van der Waals surface area (Å²) in [6, 6.07) is 0. The van der Waals surface area contributed by atoms with Gasteiger partial charge in [-0.15, -0.1) is 0 Å². The minimum atomic E-state index is 0. The Balaban J connectivity index is 0. The van der Waals surface area contributed by atoms with E-state index >= 15 is 0 Å². The topological polar surface area (TPSA) is 0 Å². The van der Waals surface area contributed by atoms with Crippen molar-refractivity contribution >= 4 is 154 Å². The predicted molar refractivity (Wildman–Crippen MR) is 21.4 cm³/mol. The second-order valence-corrected chi connectivity index (χ2v) is 0. The van der Waals surface area contributed by atoms with Crippen LogP contribution in [0.4, 0.5) is 0 Å². The zero-order valence-corrected chi connectivity index (χ0v) is 2.47. The average Bonchev–Trinajstić information content (AvgIpc) is 0. The molecule has 0 aliphatic heterocycles. The van der Waals surface area contributed by atoms with Crippen molar-refractivity contribution in [2.45, 2.75) is 0 Å². The van der Waals surface area contributed by atoms with Gasteiger partial charge >= 0.3 is 154 Å². The molecule has 4 heavy (non-hydrogen) atoms. The first kappa shape index (κ1) is 22.6. The van der Waals surface area contributed by atoms with E-state index in [1.807, 2.05) is 0 Å². The first-order valence-corrected chi connectivity index (χ1v) is 0. The van der Waals surface area contributed by atoms with E-state index in [-0.39, 0.29) is 177 Å². The Morgan fingerprint density at radius 2 is 0.500 bits per heavy atom. The molecule has 0 aromatic carbocycles. The molecule has 0 heterocycles. The van der Waals surface area contributed by atoms with Crippen molar-refractivity contribution in [1.29, 1.82) is 0 Å². The predicted octanol–water partition coefficient (Wildman–Crippen LogP) is -1.95. The maximum atomic E-state index is 0. The van der Waals surface area contributed by atoms with Crippen LogP contribution >= 0.6 is 0 Å². The molecule has 0 atom stereocenters. The molecule has 0 saturated heterocycles. The molecule has 0 fully saturated rings. The normalized spacial score (nSPS) is 0. The summed E-state index contributed by atoms with van der Waals surface area (Å²) < 4.78 is 0. The van der Waals surface area contributed by atoms with Crippen LogP contribution in [0.1, 0.15) is 0 Å². The van der Waals surface area contributed by atoms with Crippen LogP contribution in [0.2, 0.25) is 0 Å². The molecule has 0 unspecified atom stereocenters. The van der Waals surface area contributed by atoms with Gasteiger partial charge in [-0.05, 0) is 0 Å². The van der Waals surface area contributed by atoms with E-state index in [2.05, 4.69) is 0 Å². The van der Waals surface area contributed by atoms with E-state index in [9.17, 15) is 0 Å². The molecule has 0 saturated carbocycles. The second-order valence-electron chi connectivity index (χ2n) is 0. The van der Waals surface area contributed by atoms with E-state index in [0.29, 0.717) is 0 Å². The first-order valence-electron chi connectivity index (χ1n) is 0. The zero-order chi connectivity index (χ0) is 0. The van der Waals surface area contributed by atoms with Crippen molar-refractivity contribution in [3.63, 3.8) is 0 Å². The number of rotatable bonds is 0. The summed E-state index contributed by atoms with van der Waals surface area (Å²) in [6.45, 7) is 0. The molecule has 0 amide bonds. The van der Waals surface area contributed by atoms with Gasteiger partial charge in [-0.25, -0.2) is 0 Å². The Labute approximate surface area is 170 Å². The third-order valence-electron chi connectivity index (χ3n) is 0. The Morgan fingerprint density at radius 3 is 0.500 bits per heavy atom. The molecule has 0 aromatic heterocycles. The standard InChI is InChI=1S/Au.3K.3H. The van der Waals surface area contributed by atoms with Gasteiger partial charge in [0.25, 0.3) is 0 Å². The van der Waals surface area contributed by atoms with Crippen LogP contribution in [0.15, 0.2) is 0 Å². The summed E-state index contributed by atoms with van der Waals surface area (Å²) in [7, 11) is 0. The summed E-state index contributed by atoms with van der Waals surface area (Å²) in [5.41, 5.74) is 0. The fourth-order valence-electron chi connectivity index (χ4n) is 0. The van der Waals surface area contributed by atoms with Crippen LogP contribution in [-0.4, -0.2) is 154 Å². The van der Waals surface area contributed by atoms with Crippen LogP contribution in [0.5, 0.6) is 0 Å². The summed E-state index contributed by atoms with van der Waals surface area (Å²) in [5.74, 6) is 0. The molecule has 0 N–H and O–H groups in total. The second kappa shape index (κ2) is 15.9. The number of hydrogen-bond acceptors (Lipinski definition) is 0. The third-order valence-corrected chi connectivity index (χ3v) is 0. The van der Waals surface area contributed by atoms with Crippen LogP contribution in [0.25, 0.3) is 0 Å². The fourth-order valence-corrected chi connectivity index (χ4v) is 0. The maximum absolute atomic E-state index is 0. The van der Waals surface area contributed by atoms with E-state index in [1.54, 1.807) is 0 Å². The molecule has 0 aliphatic carbocycles. The van der Waals surface area contributed by atoms with Gasteiger partial charge in [-0.2, -0.15) is 0 Å². The molecule has 0 aromatic rings. The van der Waals surface area contributed by atoms with Crippen LogP contribution < -0.4 is 0 Å². The molecule has 0 aliphatic rings. The number of hydrogen-bond donors (Lipinski definition) is 0. The molecule has 17 valence electrons. The molecular formula is H3AuK3. The molecule has 0 spiro atoms. The molecular weight excluding hydrogens is 314 g/mol. The van der Waals surface area contributed by atoms with Gasteiger partial charge in [0.2, 0.25) is 0 Å². The van der Waals surface area contributed by atoms with Gasteiger partial charge in [0.05, 0.1) is 0 Å². The Hall–Kier alpha value is 5.65. The molecule has 0 nitrogen and oxygen atoms in total. The summed E-state index contributed by atoms with van der Waals surface area (Å²) >= 11 is 0. The van der Waals surface area contributed by atoms with Gasteiger partial charge in [-0.1, -0.05) is 0 Å². The van der Waals surface area contributed by atoms with Crippen LogP contribution in [0, 0.1) is 0 Å². The first-order chi connectivity index (χ1) is 0. The quantitative estimate of drug-likeness (QED) is 0.456. The van der Waals surface area contributed by atoms with Crippen molar-refractivity contribution in [3.05, 3.63) is 0 Å². The van der Waals surface area contributed by atoms with Crippen molar-refractivity contribution in [2.75, 3.05) is 0 Å². The van der Waals surface area contributed by atoms with Crippen molar-refractivity contribution < 1.29 is 22.4 Å². The van der Waals surface area contributed by atoms with Crippen LogP contribution in [-0.2, 0) is 22.4 Å². The summed E-state index contributed by atoms with van der Waals surface area (Å²) in [6.07, 6.45) is 0. The molecule has 0 bridgehead atoms. The zero-order valence-electron chi connectivity index (χ0n) is 0.302. The van der Waals surface area contributed by atoms with Gasteiger partial charge in [-0.3, -0.25) is 0 Å². The SMILES string of the molecule is [Au].[KH].[KH].[KH]. The van der Waals surface area contributed by atoms with Gasteiger partial charge in [0.1, 0.15) is 0 Å². The van der Waals surface area contributed by atoms with Crippen molar-refractivity contribution in [2.24, 2.45) is 0 Å². The Morgan fingerprint density at radius 1 is 0.500 bits per heavy atom. The average molecular weight is 317 g/mol. The Kier molecular flexibility index (Phi) is 89.7. The molecule has 4 heteroatoms. The summed E-state index contributed by atoms with van der Waals surface area (Å²) in [4.78, 5) is 0. The van der Waals surface area contributed by atoms with E-state index < -0.39 is 0 Å². The van der Waals surface area contributed by atoms with Crippen molar-refractivity contribution in [3.8, 4) is 0 Å². The van der Waals surface area contributed by atoms with Crippen LogP contribution in [0.3, 0.4) is 0 Å². The van der Waals surface area contributed by atoms with E-state index in [0.717, 1.165) is 0 Å². The Bertz CT molecular complexity index is 3.25. The fraction of sp³-hybridized carbons (Fsp3) is 0. The van der Waals surface area contributed by atoms with Gasteiger partial charge < -0.3 is 0 Å². The van der Waals surface area contributed by atoms with E-state index in [1.165, 1.54) is 0 Å². The minimum absolute atomic E-state index is 0. The molecule has 0 rings (SSSR count). The molecule has 1 radical (unpaired) electrons. The monoisotopic (exact) mass is 317 g/mol.